The lowest BCUT2D eigenvalue weighted by Crippen LogP contribution is -2.07. The number of aryl methyl sites for hydroxylation is 1. The zero-order chi connectivity index (χ0) is 18.4. The van der Waals surface area contributed by atoms with Crippen molar-refractivity contribution < 1.29 is 9.18 Å². The third kappa shape index (κ3) is 5.24. The molecule has 0 unspecified atom stereocenters. The lowest BCUT2D eigenvalue weighted by Gasteiger charge is -1.99. The van der Waals surface area contributed by atoms with E-state index in [9.17, 15) is 9.18 Å². The Bertz CT molecular complexity index is 923. The Hall–Kier alpha value is -2.51. The molecule has 3 aromatic rings. The molecule has 7 heteroatoms. The zero-order valence-electron chi connectivity index (χ0n) is 14.0. The third-order valence-corrected chi connectivity index (χ3v) is 5.47. The SMILES string of the molecule is Cc1ccc(/C=C/C(=O)Nc2nnc(SCc3ccccc3F)s2)cc1. The van der Waals surface area contributed by atoms with Gasteiger partial charge in [-0.15, -0.1) is 10.2 Å². The fourth-order valence-electron chi connectivity index (χ4n) is 2.07. The average Bonchev–Trinajstić information content (AvgIpc) is 3.08. The Morgan fingerprint density at radius 1 is 1.19 bits per heavy atom. The van der Waals surface area contributed by atoms with E-state index in [-0.39, 0.29) is 11.7 Å². The van der Waals surface area contributed by atoms with Crippen LogP contribution in [0.15, 0.2) is 58.9 Å². The van der Waals surface area contributed by atoms with Crippen molar-refractivity contribution in [2.75, 3.05) is 5.32 Å². The van der Waals surface area contributed by atoms with Gasteiger partial charge in [0.2, 0.25) is 11.0 Å². The maximum absolute atomic E-state index is 13.6. The minimum atomic E-state index is -0.271. The maximum atomic E-state index is 13.6. The van der Waals surface area contributed by atoms with E-state index >= 15 is 0 Å². The Morgan fingerprint density at radius 3 is 2.73 bits per heavy atom. The molecule has 0 aliphatic carbocycles. The number of anilines is 1. The average molecular weight is 385 g/mol. The normalized spacial score (nSPS) is 11.0. The van der Waals surface area contributed by atoms with Gasteiger partial charge >= 0.3 is 0 Å². The number of rotatable bonds is 6. The molecule has 26 heavy (non-hydrogen) atoms. The van der Waals surface area contributed by atoms with Crippen LogP contribution in [0.2, 0.25) is 0 Å². The number of nitrogens with zero attached hydrogens (tertiary/aromatic N) is 2. The summed E-state index contributed by atoms with van der Waals surface area (Å²) in [6.45, 7) is 2.01. The summed E-state index contributed by atoms with van der Waals surface area (Å²) in [5, 5.41) is 11.1. The van der Waals surface area contributed by atoms with Crippen molar-refractivity contribution in [1.29, 1.82) is 0 Å². The fourth-order valence-corrected chi connectivity index (χ4v) is 3.81. The van der Waals surface area contributed by atoms with Gasteiger partial charge in [-0.25, -0.2) is 4.39 Å². The Morgan fingerprint density at radius 2 is 1.96 bits per heavy atom. The molecule has 1 aromatic heterocycles. The number of nitrogens with one attached hydrogen (secondary N) is 1. The summed E-state index contributed by atoms with van der Waals surface area (Å²) < 4.78 is 14.3. The highest BCUT2D eigenvalue weighted by atomic mass is 32.2. The van der Waals surface area contributed by atoms with Crippen molar-refractivity contribution in [2.24, 2.45) is 0 Å². The minimum absolute atomic E-state index is 0.237. The minimum Gasteiger partial charge on any atom is -0.297 e. The van der Waals surface area contributed by atoms with Crippen LogP contribution in [-0.2, 0) is 10.5 Å². The number of carbonyl (C=O) groups excluding carboxylic acids is 1. The number of hydrogen-bond acceptors (Lipinski definition) is 5. The molecule has 0 aliphatic rings. The first-order valence-electron chi connectivity index (χ1n) is 7.85. The van der Waals surface area contributed by atoms with Gasteiger partial charge in [0.1, 0.15) is 5.82 Å². The monoisotopic (exact) mass is 385 g/mol. The summed E-state index contributed by atoms with van der Waals surface area (Å²) in [5.74, 6) is -0.0468. The molecule has 3 rings (SSSR count). The predicted molar refractivity (Wildman–Crippen MR) is 105 cm³/mol. The molecular formula is C19H16FN3OS2. The molecule has 0 atom stereocenters. The standard InChI is InChI=1S/C19H16FN3OS2/c1-13-6-8-14(9-7-13)10-11-17(24)21-18-22-23-19(26-18)25-12-15-4-2-3-5-16(15)20/h2-11H,12H2,1H3,(H,21,22,24)/b11-10+. The van der Waals surface area contributed by atoms with E-state index in [1.807, 2.05) is 31.2 Å². The fraction of sp³-hybridized carbons (Fsp3) is 0.105. The van der Waals surface area contributed by atoms with Gasteiger partial charge in [0.25, 0.3) is 0 Å². The van der Waals surface area contributed by atoms with Gasteiger partial charge in [-0.3, -0.25) is 10.1 Å². The van der Waals surface area contributed by atoms with Gasteiger partial charge < -0.3 is 0 Å². The van der Waals surface area contributed by atoms with Crippen LogP contribution in [-0.4, -0.2) is 16.1 Å². The molecule has 0 saturated heterocycles. The van der Waals surface area contributed by atoms with Gasteiger partial charge in [-0.1, -0.05) is 71.1 Å². The van der Waals surface area contributed by atoms with E-state index in [1.54, 1.807) is 24.3 Å². The number of halogens is 1. The Labute approximate surface area is 159 Å². The molecule has 2 aromatic carbocycles. The van der Waals surface area contributed by atoms with Gasteiger partial charge in [0.05, 0.1) is 0 Å². The van der Waals surface area contributed by atoms with Crippen LogP contribution in [0.25, 0.3) is 6.08 Å². The number of amides is 1. The van der Waals surface area contributed by atoms with Crippen LogP contribution in [0.1, 0.15) is 16.7 Å². The number of carbonyl (C=O) groups is 1. The van der Waals surface area contributed by atoms with Crippen LogP contribution >= 0.6 is 23.1 Å². The highest BCUT2D eigenvalue weighted by molar-refractivity contribution is 8.00. The number of benzene rings is 2. The summed E-state index contributed by atoms with van der Waals surface area (Å²) in [7, 11) is 0. The van der Waals surface area contributed by atoms with E-state index in [0.29, 0.717) is 20.8 Å². The van der Waals surface area contributed by atoms with Gasteiger partial charge in [-0.2, -0.15) is 0 Å². The van der Waals surface area contributed by atoms with Crippen molar-refractivity contribution in [3.63, 3.8) is 0 Å². The van der Waals surface area contributed by atoms with Gasteiger partial charge in [0.15, 0.2) is 4.34 Å². The van der Waals surface area contributed by atoms with E-state index in [0.717, 1.165) is 5.56 Å². The zero-order valence-corrected chi connectivity index (χ0v) is 15.6. The van der Waals surface area contributed by atoms with E-state index < -0.39 is 0 Å². The van der Waals surface area contributed by atoms with Crippen molar-refractivity contribution in [2.45, 2.75) is 17.0 Å². The Balaban J connectivity index is 1.53. The van der Waals surface area contributed by atoms with Gasteiger partial charge in [0, 0.05) is 11.8 Å². The Kier molecular flexibility index (Phi) is 6.14. The second-order valence-corrected chi connectivity index (χ2v) is 7.69. The summed E-state index contributed by atoms with van der Waals surface area (Å²) in [6.07, 6.45) is 3.20. The number of aromatic nitrogens is 2. The largest absolute Gasteiger partial charge is 0.297 e. The molecule has 1 N–H and O–H groups in total. The van der Waals surface area contributed by atoms with Crippen LogP contribution < -0.4 is 5.32 Å². The van der Waals surface area contributed by atoms with Crippen LogP contribution in [0, 0.1) is 12.7 Å². The highest BCUT2D eigenvalue weighted by Gasteiger charge is 2.08. The van der Waals surface area contributed by atoms with Crippen molar-refractivity contribution >= 4 is 40.2 Å². The van der Waals surface area contributed by atoms with Crippen LogP contribution in [0.5, 0.6) is 0 Å². The highest BCUT2D eigenvalue weighted by Crippen LogP contribution is 2.28. The van der Waals surface area contributed by atoms with Gasteiger partial charge in [-0.05, 0) is 30.2 Å². The molecule has 1 amide bonds. The lowest BCUT2D eigenvalue weighted by atomic mass is 10.1. The molecular weight excluding hydrogens is 369 g/mol. The second kappa shape index (κ2) is 8.73. The molecule has 0 saturated carbocycles. The summed E-state index contributed by atoms with van der Waals surface area (Å²) in [4.78, 5) is 12.0. The number of thioether (sulfide) groups is 1. The predicted octanol–water partition coefficient (Wildman–Crippen LogP) is 4.93. The second-order valence-electron chi connectivity index (χ2n) is 5.49. The van der Waals surface area contributed by atoms with Crippen LogP contribution in [0.3, 0.4) is 0 Å². The third-order valence-electron chi connectivity index (χ3n) is 3.45. The molecule has 0 bridgehead atoms. The molecule has 0 fully saturated rings. The molecule has 4 nitrogen and oxygen atoms in total. The quantitative estimate of drug-likeness (QED) is 0.371. The lowest BCUT2D eigenvalue weighted by molar-refractivity contribution is -0.111. The van der Waals surface area contributed by atoms with Crippen molar-refractivity contribution in [3.8, 4) is 0 Å². The number of hydrogen-bond donors (Lipinski definition) is 1. The summed E-state index contributed by atoms with van der Waals surface area (Å²) in [5.41, 5.74) is 2.73. The molecule has 0 radical (unpaired) electrons. The maximum Gasteiger partial charge on any atom is 0.250 e. The summed E-state index contributed by atoms with van der Waals surface area (Å²) in [6, 6.07) is 14.5. The van der Waals surface area contributed by atoms with Crippen LogP contribution in [0.4, 0.5) is 9.52 Å². The van der Waals surface area contributed by atoms with Crippen molar-refractivity contribution in [3.05, 3.63) is 77.1 Å². The first-order chi connectivity index (χ1) is 12.6. The first kappa shape index (κ1) is 18.3. The molecule has 0 aliphatic heterocycles. The first-order valence-corrected chi connectivity index (χ1v) is 9.66. The molecule has 0 spiro atoms. The van der Waals surface area contributed by atoms with E-state index in [2.05, 4.69) is 15.5 Å². The molecule has 1 heterocycles. The molecule has 132 valence electrons. The topological polar surface area (TPSA) is 54.9 Å². The van der Waals surface area contributed by atoms with Crippen molar-refractivity contribution in [1.82, 2.24) is 10.2 Å². The van der Waals surface area contributed by atoms with E-state index in [4.69, 9.17) is 0 Å². The smallest absolute Gasteiger partial charge is 0.250 e. The summed E-state index contributed by atoms with van der Waals surface area (Å²) >= 11 is 2.65. The van der Waals surface area contributed by atoms with E-state index in [1.165, 1.54) is 40.8 Å².